The maximum Gasteiger partial charge on any atom is 0.216 e. The van der Waals surface area contributed by atoms with Crippen LogP contribution in [-0.2, 0) is 22.4 Å². The van der Waals surface area contributed by atoms with Crippen LogP contribution in [0.15, 0.2) is 10.5 Å². The number of fused-ring (bicyclic) bond motifs is 1. The number of aromatic nitrogens is 1. The Hall–Kier alpha value is -1.91. The zero-order valence-electron chi connectivity index (χ0n) is 8.95. The molecule has 0 unspecified atom stereocenters. The standard InChI is InChI=1S/C11H12N2O3/c1-7(14)12-5-4-11-13-9-3-2-8(15)6-10(9)16-11/h2-3H,4-6H2,1H3,(H,12,14). The molecule has 1 aromatic heterocycles. The molecule has 0 fully saturated rings. The first-order valence-corrected chi connectivity index (χ1v) is 5.09. The molecule has 1 amide bonds. The van der Waals surface area contributed by atoms with E-state index >= 15 is 0 Å². The number of carbonyl (C=O) groups excluding carboxylic acids is 2. The van der Waals surface area contributed by atoms with E-state index in [2.05, 4.69) is 10.3 Å². The maximum absolute atomic E-state index is 11.1. The quantitative estimate of drug-likeness (QED) is 0.804. The van der Waals surface area contributed by atoms with Gasteiger partial charge < -0.3 is 9.73 Å². The van der Waals surface area contributed by atoms with Crippen molar-refractivity contribution >= 4 is 17.8 Å². The predicted octanol–water partition coefficient (Wildman–Crippen LogP) is 0.492. The van der Waals surface area contributed by atoms with Gasteiger partial charge in [0.2, 0.25) is 5.91 Å². The third-order valence-corrected chi connectivity index (χ3v) is 2.25. The zero-order valence-corrected chi connectivity index (χ0v) is 8.95. The minimum absolute atomic E-state index is 0.0251. The number of ketones is 1. The number of rotatable bonds is 3. The minimum atomic E-state index is -0.0774. The zero-order chi connectivity index (χ0) is 11.5. The van der Waals surface area contributed by atoms with Gasteiger partial charge in [0, 0.05) is 19.9 Å². The second kappa shape index (κ2) is 4.30. The second-order valence-corrected chi connectivity index (χ2v) is 3.63. The summed E-state index contributed by atoms with van der Waals surface area (Å²) >= 11 is 0. The van der Waals surface area contributed by atoms with Crippen LogP contribution in [-0.4, -0.2) is 23.2 Å². The highest BCUT2D eigenvalue weighted by atomic mass is 16.4. The smallest absolute Gasteiger partial charge is 0.216 e. The van der Waals surface area contributed by atoms with Gasteiger partial charge in [0.25, 0.3) is 0 Å². The highest BCUT2D eigenvalue weighted by Crippen LogP contribution is 2.18. The number of hydrogen-bond donors (Lipinski definition) is 1. The van der Waals surface area contributed by atoms with Crippen LogP contribution >= 0.6 is 0 Å². The first-order valence-electron chi connectivity index (χ1n) is 5.09. The molecule has 1 aliphatic carbocycles. The summed E-state index contributed by atoms with van der Waals surface area (Å²) in [5, 5.41) is 2.66. The van der Waals surface area contributed by atoms with Gasteiger partial charge in [-0.05, 0) is 12.2 Å². The molecule has 5 nitrogen and oxygen atoms in total. The Bertz CT molecular complexity index is 460. The van der Waals surface area contributed by atoms with Gasteiger partial charge in [0.15, 0.2) is 11.7 Å². The molecule has 0 bridgehead atoms. The molecule has 2 rings (SSSR count). The number of oxazole rings is 1. The van der Waals surface area contributed by atoms with Crippen LogP contribution in [0.2, 0.25) is 0 Å². The summed E-state index contributed by atoms with van der Waals surface area (Å²) in [4.78, 5) is 26.0. The second-order valence-electron chi connectivity index (χ2n) is 3.63. The molecule has 0 saturated heterocycles. The van der Waals surface area contributed by atoms with Crippen molar-refractivity contribution in [3.63, 3.8) is 0 Å². The summed E-state index contributed by atoms with van der Waals surface area (Å²) in [6.45, 7) is 1.95. The van der Waals surface area contributed by atoms with Crippen LogP contribution in [0.5, 0.6) is 0 Å². The molecular weight excluding hydrogens is 208 g/mol. The van der Waals surface area contributed by atoms with Crippen LogP contribution in [0.3, 0.4) is 0 Å². The Balaban J connectivity index is 2.00. The number of nitrogens with zero attached hydrogens (tertiary/aromatic N) is 1. The fourth-order valence-corrected chi connectivity index (χ4v) is 1.51. The van der Waals surface area contributed by atoms with Gasteiger partial charge in [-0.15, -0.1) is 0 Å². The average molecular weight is 220 g/mol. The van der Waals surface area contributed by atoms with Gasteiger partial charge in [0.1, 0.15) is 11.5 Å². The molecule has 1 heterocycles. The molecule has 1 aliphatic rings. The average Bonchev–Trinajstić information content (AvgIpc) is 2.58. The molecule has 0 atom stereocenters. The van der Waals surface area contributed by atoms with Crippen LogP contribution in [0.1, 0.15) is 24.3 Å². The van der Waals surface area contributed by atoms with Crippen LogP contribution in [0, 0.1) is 0 Å². The Morgan fingerprint density at radius 2 is 2.38 bits per heavy atom. The summed E-state index contributed by atoms with van der Waals surface area (Å²) in [5.41, 5.74) is 0.720. The van der Waals surface area contributed by atoms with E-state index in [0.29, 0.717) is 24.6 Å². The number of allylic oxidation sites excluding steroid dienone is 1. The van der Waals surface area contributed by atoms with Crippen molar-refractivity contribution in [1.29, 1.82) is 0 Å². The van der Waals surface area contributed by atoms with Gasteiger partial charge in [0.05, 0.1) is 6.42 Å². The normalized spacial score (nSPS) is 13.7. The summed E-state index contributed by atoms with van der Waals surface area (Å²) in [6, 6.07) is 0. The fourth-order valence-electron chi connectivity index (χ4n) is 1.51. The van der Waals surface area contributed by atoms with E-state index in [1.807, 2.05) is 0 Å². The summed E-state index contributed by atoms with van der Waals surface area (Å²) in [7, 11) is 0. The van der Waals surface area contributed by atoms with Crippen LogP contribution in [0.4, 0.5) is 0 Å². The van der Waals surface area contributed by atoms with E-state index in [-0.39, 0.29) is 18.1 Å². The first kappa shape index (κ1) is 10.6. The molecule has 0 radical (unpaired) electrons. The van der Waals surface area contributed by atoms with Gasteiger partial charge in [-0.2, -0.15) is 0 Å². The van der Waals surface area contributed by atoms with Crippen molar-refractivity contribution in [2.45, 2.75) is 19.8 Å². The van der Waals surface area contributed by atoms with Gasteiger partial charge >= 0.3 is 0 Å². The van der Waals surface area contributed by atoms with Crippen molar-refractivity contribution in [3.05, 3.63) is 23.4 Å². The first-order chi connectivity index (χ1) is 7.65. The van der Waals surface area contributed by atoms with E-state index in [1.54, 1.807) is 6.08 Å². The lowest BCUT2D eigenvalue weighted by Gasteiger charge is -1.98. The predicted molar refractivity (Wildman–Crippen MR) is 56.6 cm³/mol. The molecule has 0 spiro atoms. The van der Waals surface area contributed by atoms with E-state index in [1.165, 1.54) is 13.0 Å². The van der Waals surface area contributed by atoms with Gasteiger partial charge in [-0.25, -0.2) is 4.98 Å². The molecule has 16 heavy (non-hydrogen) atoms. The van der Waals surface area contributed by atoms with E-state index < -0.39 is 0 Å². The third-order valence-electron chi connectivity index (χ3n) is 2.25. The Morgan fingerprint density at radius 1 is 1.56 bits per heavy atom. The van der Waals surface area contributed by atoms with Crippen LogP contribution < -0.4 is 5.32 Å². The largest absolute Gasteiger partial charge is 0.445 e. The van der Waals surface area contributed by atoms with Crippen molar-refractivity contribution in [3.8, 4) is 0 Å². The summed E-state index contributed by atoms with van der Waals surface area (Å²) < 4.78 is 5.42. The monoisotopic (exact) mass is 220 g/mol. The molecule has 1 aromatic rings. The maximum atomic E-state index is 11.1. The molecular formula is C11H12N2O3. The molecule has 1 N–H and O–H groups in total. The highest BCUT2D eigenvalue weighted by Gasteiger charge is 2.17. The fraction of sp³-hybridized carbons (Fsp3) is 0.364. The number of carbonyl (C=O) groups is 2. The van der Waals surface area contributed by atoms with Crippen molar-refractivity contribution < 1.29 is 14.0 Å². The molecule has 0 aromatic carbocycles. The van der Waals surface area contributed by atoms with E-state index in [9.17, 15) is 9.59 Å². The Morgan fingerprint density at radius 3 is 3.12 bits per heavy atom. The van der Waals surface area contributed by atoms with Crippen molar-refractivity contribution in [2.24, 2.45) is 0 Å². The molecule has 5 heteroatoms. The third kappa shape index (κ3) is 2.36. The molecule has 84 valence electrons. The molecule has 0 aliphatic heterocycles. The summed E-state index contributed by atoms with van der Waals surface area (Å²) in [6.07, 6.45) is 3.97. The Labute approximate surface area is 92.5 Å². The minimum Gasteiger partial charge on any atom is -0.445 e. The lowest BCUT2D eigenvalue weighted by molar-refractivity contribution is -0.119. The van der Waals surface area contributed by atoms with Gasteiger partial charge in [-0.3, -0.25) is 9.59 Å². The van der Waals surface area contributed by atoms with E-state index in [0.717, 1.165) is 5.69 Å². The summed E-state index contributed by atoms with van der Waals surface area (Å²) in [5.74, 6) is 1.12. The highest BCUT2D eigenvalue weighted by molar-refractivity contribution is 5.97. The SMILES string of the molecule is CC(=O)NCCc1nc2c(o1)CC(=O)C=C2. The van der Waals surface area contributed by atoms with Crippen LogP contribution in [0.25, 0.3) is 6.08 Å². The molecule has 0 saturated carbocycles. The lowest BCUT2D eigenvalue weighted by Crippen LogP contribution is -2.22. The Kier molecular flexibility index (Phi) is 2.85. The van der Waals surface area contributed by atoms with Crippen molar-refractivity contribution in [1.82, 2.24) is 10.3 Å². The van der Waals surface area contributed by atoms with E-state index in [4.69, 9.17) is 4.42 Å². The van der Waals surface area contributed by atoms with Crippen molar-refractivity contribution in [2.75, 3.05) is 6.54 Å². The lowest BCUT2D eigenvalue weighted by atomic mass is 10.1. The topological polar surface area (TPSA) is 72.2 Å². The number of hydrogen-bond acceptors (Lipinski definition) is 4. The number of amides is 1. The number of nitrogens with one attached hydrogen (secondary N) is 1. The van der Waals surface area contributed by atoms with Gasteiger partial charge in [-0.1, -0.05) is 0 Å².